The van der Waals surface area contributed by atoms with Gasteiger partial charge in [0.05, 0.1) is 24.5 Å². The SMILES string of the molecule is Fc1ccc(-c2ccc(C3C(c4ccccn4)NC(=S)N3Cc3ccco3)o2)c(Br)c1. The van der Waals surface area contributed by atoms with Crippen LogP contribution in [0.3, 0.4) is 0 Å². The topological polar surface area (TPSA) is 54.4 Å². The molecule has 31 heavy (non-hydrogen) atoms. The number of pyridine rings is 1. The van der Waals surface area contributed by atoms with Crippen molar-refractivity contribution >= 4 is 33.3 Å². The van der Waals surface area contributed by atoms with E-state index < -0.39 is 0 Å². The van der Waals surface area contributed by atoms with Gasteiger partial charge in [-0.15, -0.1) is 0 Å². The standard InChI is InChI=1S/C23H17BrFN3O2S/c24-17-12-14(25)6-7-16(17)19-8-9-20(30-19)22-21(18-5-1-2-10-26-18)27-23(31)28(22)13-15-4-3-11-29-15/h1-12,21-22H,13H2,(H,27,31). The molecule has 5 rings (SSSR count). The van der Waals surface area contributed by atoms with Crippen LogP contribution in [-0.2, 0) is 6.54 Å². The van der Waals surface area contributed by atoms with E-state index in [9.17, 15) is 4.39 Å². The van der Waals surface area contributed by atoms with Gasteiger partial charge in [-0.1, -0.05) is 6.07 Å². The van der Waals surface area contributed by atoms with Gasteiger partial charge in [-0.25, -0.2) is 4.39 Å². The molecule has 1 aliphatic heterocycles. The van der Waals surface area contributed by atoms with Crippen molar-refractivity contribution in [2.24, 2.45) is 0 Å². The highest BCUT2D eigenvalue weighted by Gasteiger charge is 2.42. The van der Waals surface area contributed by atoms with Crippen LogP contribution in [0.1, 0.15) is 29.3 Å². The maximum Gasteiger partial charge on any atom is 0.170 e. The van der Waals surface area contributed by atoms with Crippen molar-refractivity contribution < 1.29 is 13.2 Å². The van der Waals surface area contributed by atoms with Crippen LogP contribution >= 0.6 is 28.1 Å². The van der Waals surface area contributed by atoms with Crippen molar-refractivity contribution in [1.29, 1.82) is 0 Å². The second kappa shape index (κ2) is 8.28. The van der Waals surface area contributed by atoms with Crippen LogP contribution in [0.5, 0.6) is 0 Å². The van der Waals surface area contributed by atoms with E-state index in [2.05, 4.69) is 26.2 Å². The lowest BCUT2D eigenvalue weighted by Crippen LogP contribution is -2.28. The van der Waals surface area contributed by atoms with Crippen LogP contribution in [-0.4, -0.2) is 15.0 Å². The van der Waals surface area contributed by atoms with Gasteiger partial charge in [0.25, 0.3) is 0 Å². The Kier molecular flexibility index (Phi) is 5.33. The van der Waals surface area contributed by atoms with Gasteiger partial charge in [0.2, 0.25) is 0 Å². The van der Waals surface area contributed by atoms with Crippen molar-refractivity contribution in [3.8, 4) is 11.3 Å². The summed E-state index contributed by atoms with van der Waals surface area (Å²) < 4.78 is 26.0. The smallest absolute Gasteiger partial charge is 0.170 e. The number of rotatable bonds is 5. The summed E-state index contributed by atoms with van der Waals surface area (Å²) in [7, 11) is 0. The molecule has 1 aliphatic rings. The van der Waals surface area contributed by atoms with Crippen LogP contribution < -0.4 is 5.32 Å². The highest BCUT2D eigenvalue weighted by molar-refractivity contribution is 9.10. The van der Waals surface area contributed by atoms with Crippen LogP contribution in [0.4, 0.5) is 4.39 Å². The number of furan rings is 2. The molecule has 0 amide bonds. The molecule has 0 bridgehead atoms. The predicted octanol–water partition coefficient (Wildman–Crippen LogP) is 6.01. The highest BCUT2D eigenvalue weighted by Crippen LogP contribution is 2.42. The van der Waals surface area contributed by atoms with Crippen molar-refractivity contribution in [2.45, 2.75) is 18.6 Å². The Bertz CT molecular complexity index is 1210. The molecule has 1 aromatic carbocycles. The van der Waals surface area contributed by atoms with Gasteiger partial charge in [-0.3, -0.25) is 4.98 Å². The normalized spacial score (nSPS) is 18.4. The molecule has 1 N–H and O–H groups in total. The van der Waals surface area contributed by atoms with Crippen LogP contribution in [0.25, 0.3) is 11.3 Å². The molecule has 0 radical (unpaired) electrons. The van der Waals surface area contributed by atoms with E-state index in [0.29, 0.717) is 21.9 Å². The van der Waals surface area contributed by atoms with Gasteiger partial charge in [-0.05, 0) is 82.7 Å². The molecule has 8 heteroatoms. The fraction of sp³-hybridized carbons (Fsp3) is 0.130. The van der Waals surface area contributed by atoms with Gasteiger partial charge in [0.15, 0.2) is 5.11 Å². The van der Waals surface area contributed by atoms with Crippen LogP contribution in [0, 0.1) is 5.82 Å². The summed E-state index contributed by atoms with van der Waals surface area (Å²) in [6.07, 6.45) is 3.40. The lowest BCUT2D eigenvalue weighted by atomic mass is 10.0. The van der Waals surface area contributed by atoms with Gasteiger partial charge in [0, 0.05) is 16.2 Å². The quantitative estimate of drug-likeness (QED) is 0.340. The van der Waals surface area contributed by atoms with Crippen molar-refractivity contribution in [2.75, 3.05) is 0 Å². The number of nitrogens with zero attached hydrogens (tertiary/aromatic N) is 2. The van der Waals surface area contributed by atoms with Crippen molar-refractivity contribution in [1.82, 2.24) is 15.2 Å². The van der Waals surface area contributed by atoms with E-state index in [4.69, 9.17) is 21.1 Å². The summed E-state index contributed by atoms with van der Waals surface area (Å²) in [5.41, 5.74) is 1.63. The zero-order chi connectivity index (χ0) is 21.4. The Labute approximate surface area is 192 Å². The summed E-state index contributed by atoms with van der Waals surface area (Å²) >= 11 is 9.08. The first-order chi connectivity index (χ1) is 15.1. The Hall–Kier alpha value is -2.97. The first-order valence-corrected chi connectivity index (χ1v) is 10.9. The van der Waals surface area contributed by atoms with Crippen molar-refractivity contribution in [3.63, 3.8) is 0 Å². The molecular weight excluding hydrogens is 481 g/mol. The lowest BCUT2D eigenvalue weighted by molar-refractivity contribution is 0.253. The molecule has 3 aromatic heterocycles. The van der Waals surface area contributed by atoms with Gasteiger partial charge >= 0.3 is 0 Å². The number of nitrogens with one attached hydrogen (secondary N) is 1. The first-order valence-electron chi connectivity index (χ1n) is 9.66. The molecular formula is C23H17BrFN3O2S. The van der Waals surface area contributed by atoms with Crippen LogP contribution in [0.15, 0.2) is 86.4 Å². The lowest BCUT2D eigenvalue weighted by Gasteiger charge is -2.25. The third kappa shape index (κ3) is 3.88. The minimum absolute atomic E-state index is 0.195. The molecule has 0 aliphatic carbocycles. The zero-order valence-electron chi connectivity index (χ0n) is 16.2. The molecule has 4 aromatic rings. The Morgan fingerprint density at radius 1 is 1.13 bits per heavy atom. The summed E-state index contributed by atoms with van der Waals surface area (Å²) in [5.74, 6) is 1.84. The van der Waals surface area contributed by atoms with E-state index in [-0.39, 0.29) is 17.9 Å². The van der Waals surface area contributed by atoms with Gasteiger partial charge < -0.3 is 19.1 Å². The number of hydrogen-bond donors (Lipinski definition) is 1. The van der Waals surface area contributed by atoms with E-state index >= 15 is 0 Å². The zero-order valence-corrected chi connectivity index (χ0v) is 18.6. The summed E-state index contributed by atoms with van der Waals surface area (Å²) in [6, 6.07) is 17.5. The number of aromatic nitrogens is 1. The highest BCUT2D eigenvalue weighted by atomic mass is 79.9. The summed E-state index contributed by atoms with van der Waals surface area (Å²) in [6.45, 7) is 0.489. The molecule has 2 atom stereocenters. The third-order valence-electron chi connectivity index (χ3n) is 5.22. The fourth-order valence-corrected chi connectivity index (χ4v) is 4.65. The third-order valence-corrected chi connectivity index (χ3v) is 6.23. The summed E-state index contributed by atoms with van der Waals surface area (Å²) in [5, 5.41) is 3.98. The maximum absolute atomic E-state index is 13.5. The summed E-state index contributed by atoms with van der Waals surface area (Å²) in [4.78, 5) is 6.57. The number of halogens is 2. The molecule has 0 saturated carbocycles. The Balaban J connectivity index is 1.55. The van der Waals surface area contributed by atoms with E-state index in [1.54, 1.807) is 18.5 Å². The molecule has 1 saturated heterocycles. The second-order valence-corrected chi connectivity index (χ2v) is 8.40. The van der Waals surface area contributed by atoms with Crippen molar-refractivity contribution in [3.05, 3.63) is 101 Å². The molecule has 1 fully saturated rings. The number of thiocarbonyl (C=S) groups is 1. The Morgan fingerprint density at radius 3 is 2.77 bits per heavy atom. The van der Waals surface area contributed by atoms with Crippen LogP contribution in [0.2, 0.25) is 0 Å². The molecule has 0 spiro atoms. The molecule has 4 heterocycles. The average molecular weight is 498 g/mol. The number of benzene rings is 1. The van der Waals surface area contributed by atoms with Gasteiger partial charge in [0.1, 0.15) is 29.1 Å². The fourth-order valence-electron chi connectivity index (χ4n) is 3.80. The molecule has 156 valence electrons. The number of hydrogen-bond acceptors (Lipinski definition) is 4. The minimum Gasteiger partial charge on any atom is -0.467 e. The minimum atomic E-state index is -0.312. The monoisotopic (exact) mass is 497 g/mol. The van der Waals surface area contributed by atoms with Gasteiger partial charge in [-0.2, -0.15) is 0 Å². The van der Waals surface area contributed by atoms with E-state index in [1.165, 1.54) is 12.1 Å². The predicted molar refractivity (Wildman–Crippen MR) is 122 cm³/mol. The molecule has 2 unspecified atom stereocenters. The van der Waals surface area contributed by atoms with E-state index in [0.717, 1.165) is 22.8 Å². The average Bonchev–Trinajstić information content (AvgIpc) is 3.51. The Morgan fingerprint density at radius 2 is 2.03 bits per heavy atom. The maximum atomic E-state index is 13.5. The van der Waals surface area contributed by atoms with E-state index in [1.807, 2.05) is 47.4 Å². The second-order valence-electron chi connectivity index (χ2n) is 7.16. The largest absolute Gasteiger partial charge is 0.467 e. The first kappa shape index (κ1) is 20.0. The molecule has 5 nitrogen and oxygen atoms in total.